The van der Waals surface area contributed by atoms with Gasteiger partial charge in [-0.15, -0.1) is 11.3 Å². The van der Waals surface area contributed by atoms with E-state index < -0.39 is 10.0 Å². The molecule has 0 N–H and O–H groups in total. The van der Waals surface area contributed by atoms with Crippen LogP contribution in [0.5, 0.6) is 5.75 Å². The molecule has 4 aromatic carbocycles. The van der Waals surface area contributed by atoms with E-state index in [9.17, 15) is 8.42 Å². The molecule has 45 heavy (non-hydrogen) atoms. The van der Waals surface area contributed by atoms with Crippen LogP contribution in [0.15, 0.2) is 124 Å². The van der Waals surface area contributed by atoms with Crippen molar-refractivity contribution in [2.24, 2.45) is 10.9 Å². The lowest BCUT2D eigenvalue weighted by molar-refractivity contribution is 0.273. The first kappa shape index (κ1) is 31.0. The van der Waals surface area contributed by atoms with Crippen LogP contribution in [-0.2, 0) is 29.4 Å². The predicted molar refractivity (Wildman–Crippen MR) is 182 cm³/mol. The monoisotopic (exact) mass is 637 g/mol. The highest BCUT2D eigenvalue weighted by Gasteiger charge is 2.29. The Bertz CT molecular complexity index is 1840. The molecule has 0 saturated carbocycles. The van der Waals surface area contributed by atoms with Crippen molar-refractivity contribution in [3.05, 3.63) is 131 Å². The Labute approximate surface area is 270 Å². The van der Waals surface area contributed by atoms with Gasteiger partial charge in [-0.25, -0.2) is 13.4 Å². The van der Waals surface area contributed by atoms with Crippen molar-refractivity contribution in [3.63, 3.8) is 0 Å². The smallest absolute Gasteiger partial charge is 0.243 e. The average Bonchev–Trinajstić information content (AvgIpc) is 3.48. The molecular formula is C37H39N3O3S2. The molecule has 0 spiro atoms. The average molecular weight is 638 g/mol. The maximum Gasteiger partial charge on any atom is 0.243 e. The molecule has 0 aliphatic carbocycles. The van der Waals surface area contributed by atoms with Crippen LogP contribution in [-0.4, -0.2) is 37.0 Å². The summed E-state index contributed by atoms with van der Waals surface area (Å²) in [5, 5.41) is 2.11. The Morgan fingerprint density at radius 2 is 1.47 bits per heavy atom. The molecule has 0 bridgehead atoms. The van der Waals surface area contributed by atoms with Gasteiger partial charge in [-0.2, -0.15) is 4.31 Å². The number of rotatable bonds is 11. The third kappa shape index (κ3) is 7.64. The molecule has 6 rings (SSSR count). The minimum atomic E-state index is -3.56. The minimum absolute atomic E-state index is 0.345. The van der Waals surface area contributed by atoms with Crippen LogP contribution in [0.2, 0.25) is 0 Å². The topological polar surface area (TPSA) is 63.9 Å². The van der Waals surface area contributed by atoms with Crippen LogP contribution in [0.1, 0.15) is 30.9 Å². The molecule has 1 aliphatic heterocycles. The van der Waals surface area contributed by atoms with E-state index in [0.29, 0.717) is 30.5 Å². The number of ether oxygens (including phenoxy) is 1. The molecule has 1 aromatic heterocycles. The highest BCUT2D eigenvalue weighted by Crippen LogP contribution is 2.28. The van der Waals surface area contributed by atoms with E-state index in [4.69, 9.17) is 9.73 Å². The van der Waals surface area contributed by atoms with Crippen LogP contribution in [0.4, 0.5) is 5.69 Å². The lowest BCUT2D eigenvalue weighted by Crippen LogP contribution is -2.38. The second-order valence-electron chi connectivity index (χ2n) is 11.4. The molecule has 1 fully saturated rings. The fourth-order valence-electron chi connectivity index (χ4n) is 5.89. The van der Waals surface area contributed by atoms with Gasteiger partial charge in [0.1, 0.15) is 5.75 Å². The number of benzene rings is 4. The molecule has 0 atom stereocenters. The number of thiazole rings is 1. The van der Waals surface area contributed by atoms with Gasteiger partial charge < -0.3 is 9.30 Å². The van der Waals surface area contributed by atoms with Crippen LogP contribution in [0.3, 0.4) is 0 Å². The van der Waals surface area contributed by atoms with Crippen LogP contribution in [0.25, 0.3) is 11.3 Å². The van der Waals surface area contributed by atoms with Crippen molar-refractivity contribution in [3.8, 4) is 17.0 Å². The largest absolute Gasteiger partial charge is 0.494 e. The Kier molecular flexibility index (Phi) is 9.94. The normalized spacial score (nSPS) is 14.9. The Morgan fingerprint density at radius 3 is 2.11 bits per heavy atom. The fraction of sp³-hybridized carbons (Fsp3) is 0.270. The van der Waals surface area contributed by atoms with E-state index in [0.717, 1.165) is 59.7 Å². The lowest BCUT2D eigenvalue weighted by Gasteiger charge is -2.31. The van der Waals surface area contributed by atoms with Crippen molar-refractivity contribution >= 4 is 27.0 Å². The molecule has 8 heteroatoms. The molecule has 6 nitrogen and oxygen atoms in total. The van der Waals surface area contributed by atoms with Gasteiger partial charge in [-0.1, -0.05) is 72.8 Å². The highest BCUT2D eigenvalue weighted by atomic mass is 32.2. The summed E-state index contributed by atoms with van der Waals surface area (Å²) in [6, 6.07) is 36.1. The maximum absolute atomic E-state index is 13.6. The number of aromatic nitrogens is 1. The second kappa shape index (κ2) is 14.4. The van der Waals surface area contributed by atoms with Gasteiger partial charge in [-0.3, -0.25) is 0 Å². The number of nitrogens with zero attached hydrogens (tertiary/aromatic N) is 3. The fourth-order valence-corrected chi connectivity index (χ4v) is 8.32. The van der Waals surface area contributed by atoms with Crippen LogP contribution in [0, 0.1) is 5.92 Å². The van der Waals surface area contributed by atoms with Crippen molar-refractivity contribution in [1.82, 2.24) is 8.87 Å². The summed E-state index contributed by atoms with van der Waals surface area (Å²) in [4.78, 5) is 6.21. The first-order valence-corrected chi connectivity index (χ1v) is 18.0. The summed E-state index contributed by atoms with van der Waals surface area (Å²) in [5.74, 6) is 1.33. The number of sulfonamides is 1. The Hall–Kier alpha value is -3.98. The van der Waals surface area contributed by atoms with Crippen molar-refractivity contribution in [2.75, 3.05) is 19.7 Å². The molecular weight excluding hydrogens is 599 g/mol. The van der Waals surface area contributed by atoms with Gasteiger partial charge in [0.25, 0.3) is 0 Å². The van der Waals surface area contributed by atoms with E-state index in [1.807, 2.05) is 55.5 Å². The third-order valence-corrected chi connectivity index (χ3v) is 11.1. The van der Waals surface area contributed by atoms with Gasteiger partial charge in [0.15, 0.2) is 4.80 Å². The first-order valence-electron chi connectivity index (χ1n) is 15.6. The van der Waals surface area contributed by atoms with Crippen molar-refractivity contribution in [1.29, 1.82) is 0 Å². The quantitative estimate of drug-likeness (QED) is 0.149. The van der Waals surface area contributed by atoms with Crippen molar-refractivity contribution < 1.29 is 13.2 Å². The zero-order valence-electron chi connectivity index (χ0n) is 25.6. The molecule has 0 amide bonds. The zero-order valence-corrected chi connectivity index (χ0v) is 27.2. The molecule has 0 unspecified atom stereocenters. The summed E-state index contributed by atoms with van der Waals surface area (Å²) in [5.41, 5.74) is 5.41. The van der Waals surface area contributed by atoms with Crippen LogP contribution < -0.4 is 9.54 Å². The summed E-state index contributed by atoms with van der Waals surface area (Å²) < 4.78 is 36.7. The van der Waals surface area contributed by atoms with Gasteiger partial charge in [0.05, 0.1) is 22.9 Å². The molecule has 232 valence electrons. The van der Waals surface area contributed by atoms with E-state index in [1.54, 1.807) is 27.8 Å². The maximum atomic E-state index is 13.6. The van der Waals surface area contributed by atoms with Crippen LogP contribution >= 0.6 is 11.3 Å². The summed E-state index contributed by atoms with van der Waals surface area (Å²) in [6.45, 7) is 4.46. The van der Waals surface area contributed by atoms with E-state index in [1.165, 1.54) is 11.1 Å². The highest BCUT2D eigenvalue weighted by molar-refractivity contribution is 7.89. The lowest BCUT2D eigenvalue weighted by atomic mass is 9.91. The molecule has 5 aromatic rings. The summed E-state index contributed by atoms with van der Waals surface area (Å²) in [6.07, 6.45) is 3.61. The van der Waals surface area contributed by atoms with E-state index in [2.05, 4.69) is 58.5 Å². The molecule has 0 radical (unpaired) electrons. The van der Waals surface area contributed by atoms with E-state index in [-0.39, 0.29) is 0 Å². The SMILES string of the molecule is CCOc1ccc(N=c2scc(-c3ccc(S(=O)(=O)N4CCC(Cc5ccccc5)CC4)cc3)n2CCc2ccccc2)cc1. The molecule has 1 saturated heterocycles. The number of piperidine rings is 1. The van der Waals surface area contributed by atoms with E-state index >= 15 is 0 Å². The third-order valence-electron chi connectivity index (χ3n) is 8.37. The van der Waals surface area contributed by atoms with Gasteiger partial charge in [0.2, 0.25) is 10.0 Å². The Balaban J connectivity index is 1.21. The molecule has 2 heterocycles. The van der Waals surface area contributed by atoms with Gasteiger partial charge in [0, 0.05) is 25.0 Å². The van der Waals surface area contributed by atoms with Gasteiger partial charge in [-0.05, 0) is 91.6 Å². The predicted octanol–water partition coefficient (Wildman–Crippen LogP) is 7.73. The standard InChI is InChI=1S/C37H39N3O3S2/c1-2-43-34-17-15-33(16-18-34)38-37-40(26-23-29-9-5-3-6-10-29)36(28-44-37)32-13-19-35(20-14-32)45(41,42)39-24-21-31(22-25-39)27-30-11-7-4-8-12-30/h3-20,28,31H,2,21-27H2,1H3. The first-order chi connectivity index (χ1) is 22.0. The van der Waals surface area contributed by atoms with Gasteiger partial charge >= 0.3 is 0 Å². The Morgan fingerprint density at radius 1 is 0.822 bits per heavy atom. The summed E-state index contributed by atoms with van der Waals surface area (Å²) >= 11 is 1.59. The molecule has 1 aliphatic rings. The number of hydrogen-bond donors (Lipinski definition) is 0. The summed E-state index contributed by atoms with van der Waals surface area (Å²) in [7, 11) is -3.56. The second-order valence-corrected chi connectivity index (χ2v) is 14.2. The number of aryl methyl sites for hydroxylation is 1. The van der Waals surface area contributed by atoms with Crippen molar-refractivity contribution in [2.45, 2.75) is 44.0 Å². The minimum Gasteiger partial charge on any atom is -0.494 e. The number of hydrogen-bond acceptors (Lipinski definition) is 5. The zero-order chi connectivity index (χ0) is 31.1.